The van der Waals surface area contributed by atoms with Gasteiger partial charge >= 0.3 is 12.1 Å². The number of rotatable bonds is 1. The number of halogens is 3. The highest BCUT2D eigenvalue weighted by Gasteiger charge is 2.43. The highest BCUT2D eigenvalue weighted by atomic mass is 19.4. The van der Waals surface area contributed by atoms with Crippen LogP contribution in [-0.4, -0.2) is 28.5 Å². The normalized spacial score (nSPS) is 15.3. The molecule has 0 aromatic carbocycles. The Kier molecular flexibility index (Phi) is 3.38. The van der Waals surface area contributed by atoms with Crippen molar-refractivity contribution < 1.29 is 18.0 Å². The minimum atomic E-state index is -4.90. The molecular weight excluding hydrogens is 261 g/mol. The lowest BCUT2D eigenvalue weighted by molar-refractivity contribution is -0.186. The van der Waals surface area contributed by atoms with Gasteiger partial charge in [0.15, 0.2) is 5.43 Å². The molecule has 1 aliphatic heterocycles. The Morgan fingerprint density at radius 2 is 2.16 bits per heavy atom. The van der Waals surface area contributed by atoms with Gasteiger partial charge in [-0.05, 0) is 6.42 Å². The molecule has 0 saturated carbocycles. The largest absolute Gasteiger partial charge is 0.471 e. The summed E-state index contributed by atoms with van der Waals surface area (Å²) in [6.45, 7) is 1.56. The molecule has 1 aromatic rings. The first-order valence-corrected chi connectivity index (χ1v) is 5.93. The van der Waals surface area contributed by atoms with E-state index >= 15 is 0 Å². The van der Waals surface area contributed by atoms with E-state index in [1.165, 1.54) is 6.07 Å². The first-order chi connectivity index (χ1) is 8.82. The summed E-state index contributed by atoms with van der Waals surface area (Å²) in [7, 11) is 0. The number of hydrogen-bond acceptors (Lipinski definition) is 2. The second-order valence-corrected chi connectivity index (χ2v) is 4.44. The Labute approximate surface area is 107 Å². The molecule has 2 heterocycles. The number of pyridine rings is 1. The molecule has 0 atom stereocenters. The quantitative estimate of drug-likeness (QED) is 0.841. The zero-order valence-electron chi connectivity index (χ0n) is 10.3. The molecular formula is C12H13F3N2O2. The third-order valence-corrected chi connectivity index (χ3v) is 3.17. The molecule has 0 spiro atoms. The van der Waals surface area contributed by atoms with Crippen LogP contribution < -0.4 is 5.43 Å². The smallest absolute Gasteiger partial charge is 0.362 e. The zero-order valence-corrected chi connectivity index (χ0v) is 10.3. The van der Waals surface area contributed by atoms with Gasteiger partial charge in [0.2, 0.25) is 0 Å². The summed E-state index contributed by atoms with van der Waals surface area (Å²) >= 11 is 0. The standard InChI is InChI=1S/C12H13F3N2O2/c1-2-7-5-10(18)8-6-17(4-3-9(8)16-7)11(19)12(13,14)15/h5H,2-4,6H2,1H3,(H,16,18). The molecule has 0 saturated heterocycles. The fourth-order valence-corrected chi connectivity index (χ4v) is 2.15. The Morgan fingerprint density at radius 1 is 1.47 bits per heavy atom. The van der Waals surface area contributed by atoms with E-state index in [-0.39, 0.29) is 30.5 Å². The van der Waals surface area contributed by atoms with Gasteiger partial charge in [0.1, 0.15) is 0 Å². The second kappa shape index (κ2) is 4.71. The van der Waals surface area contributed by atoms with Crippen LogP contribution >= 0.6 is 0 Å². The van der Waals surface area contributed by atoms with E-state index in [9.17, 15) is 22.8 Å². The van der Waals surface area contributed by atoms with Crippen LogP contribution in [0, 0.1) is 0 Å². The molecule has 0 radical (unpaired) electrons. The number of amides is 1. The number of hydrogen-bond donors (Lipinski definition) is 1. The Balaban J connectivity index is 2.30. The van der Waals surface area contributed by atoms with Gasteiger partial charge in [0, 0.05) is 36.0 Å². The summed E-state index contributed by atoms with van der Waals surface area (Å²) in [6.07, 6.45) is -4.01. The van der Waals surface area contributed by atoms with Gasteiger partial charge in [0.25, 0.3) is 0 Å². The number of nitrogens with one attached hydrogen (secondary N) is 1. The third-order valence-electron chi connectivity index (χ3n) is 3.17. The molecule has 0 aliphatic carbocycles. The minimum absolute atomic E-state index is 0.0333. The lowest BCUT2D eigenvalue weighted by atomic mass is 10.0. The van der Waals surface area contributed by atoms with Crippen molar-refractivity contribution in [1.29, 1.82) is 0 Å². The van der Waals surface area contributed by atoms with E-state index in [0.29, 0.717) is 17.0 Å². The predicted octanol–water partition coefficient (Wildman–Crippen LogP) is 1.38. The molecule has 4 nitrogen and oxygen atoms in total. The topological polar surface area (TPSA) is 53.2 Å². The molecule has 1 aromatic heterocycles. The number of aromatic nitrogens is 1. The van der Waals surface area contributed by atoms with Gasteiger partial charge in [-0.25, -0.2) is 0 Å². The fourth-order valence-electron chi connectivity index (χ4n) is 2.15. The molecule has 1 N–H and O–H groups in total. The summed E-state index contributed by atoms with van der Waals surface area (Å²) in [4.78, 5) is 26.7. The molecule has 2 rings (SSSR count). The van der Waals surface area contributed by atoms with E-state index in [2.05, 4.69) is 4.98 Å². The number of H-pyrrole nitrogens is 1. The van der Waals surface area contributed by atoms with Gasteiger partial charge in [-0.2, -0.15) is 13.2 Å². The molecule has 19 heavy (non-hydrogen) atoms. The van der Waals surface area contributed by atoms with Gasteiger partial charge in [-0.1, -0.05) is 6.92 Å². The van der Waals surface area contributed by atoms with E-state index in [1.807, 2.05) is 6.92 Å². The lowest BCUT2D eigenvalue weighted by Gasteiger charge is -2.29. The molecule has 7 heteroatoms. The maximum Gasteiger partial charge on any atom is 0.471 e. The van der Waals surface area contributed by atoms with Crippen LogP contribution in [0.25, 0.3) is 0 Å². The minimum Gasteiger partial charge on any atom is -0.362 e. The first kappa shape index (κ1) is 13.6. The van der Waals surface area contributed by atoms with E-state index in [1.54, 1.807) is 0 Å². The van der Waals surface area contributed by atoms with Gasteiger partial charge in [-0.15, -0.1) is 0 Å². The van der Waals surface area contributed by atoms with E-state index in [0.717, 1.165) is 5.69 Å². The number of alkyl halides is 3. The van der Waals surface area contributed by atoms with Crippen molar-refractivity contribution >= 4 is 5.91 Å². The maximum absolute atomic E-state index is 12.4. The number of fused-ring (bicyclic) bond motifs is 1. The van der Waals surface area contributed by atoms with Crippen LogP contribution in [0.15, 0.2) is 10.9 Å². The van der Waals surface area contributed by atoms with Crippen LogP contribution in [0.2, 0.25) is 0 Å². The molecule has 1 amide bonds. The van der Waals surface area contributed by atoms with Crippen molar-refractivity contribution in [3.63, 3.8) is 0 Å². The van der Waals surface area contributed by atoms with Gasteiger partial charge < -0.3 is 9.88 Å². The average Bonchev–Trinajstić information content (AvgIpc) is 2.36. The molecule has 0 unspecified atom stereocenters. The van der Waals surface area contributed by atoms with Crippen molar-refractivity contribution in [1.82, 2.24) is 9.88 Å². The highest BCUT2D eigenvalue weighted by molar-refractivity contribution is 5.82. The van der Waals surface area contributed by atoms with Crippen LogP contribution in [0.3, 0.4) is 0 Å². The monoisotopic (exact) mass is 274 g/mol. The van der Waals surface area contributed by atoms with Crippen LogP contribution in [-0.2, 0) is 24.2 Å². The summed E-state index contributed by atoms with van der Waals surface area (Å²) in [5, 5.41) is 0. The van der Waals surface area contributed by atoms with Crippen molar-refractivity contribution in [2.75, 3.05) is 6.54 Å². The summed E-state index contributed by atoms with van der Waals surface area (Å²) in [5.41, 5.74) is 1.32. The van der Waals surface area contributed by atoms with Crippen LogP contribution in [0.1, 0.15) is 23.9 Å². The summed E-state index contributed by atoms with van der Waals surface area (Å²) < 4.78 is 37.1. The first-order valence-electron chi connectivity index (χ1n) is 5.93. The lowest BCUT2D eigenvalue weighted by Crippen LogP contribution is -2.45. The Hall–Kier alpha value is -1.79. The SMILES string of the molecule is CCc1cc(=O)c2c([nH]1)CCN(C(=O)C(F)(F)F)C2. The number of aryl methyl sites for hydroxylation is 1. The third kappa shape index (κ3) is 2.64. The number of aromatic amines is 1. The number of carbonyl (C=O) groups excluding carboxylic acids is 1. The molecule has 104 valence electrons. The van der Waals surface area contributed by atoms with Crippen LogP contribution in [0.4, 0.5) is 13.2 Å². The van der Waals surface area contributed by atoms with E-state index < -0.39 is 12.1 Å². The Bertz CT molecular complexity index is 563. The van der Waals surface area contributed by atoms with Gasteiger partial charge in [-0.3, -0.25) is 9.59 Å². The van der Waals surface area contributed by atoms with Crippen LogP contribution in [0.5, 0.6) is 0 Å². The fraction of sp³-hybridized carbons (Fsp3) is 0.500. The van der Waals surface area contributed by atoms with Crippen molar-refractivity contribution in [3.05, 3.63) is 33.2 Å². The van der Waals surface area contributed by atoms with Gasteiger partial charge in [0.05, 0.1) is 6.54 Å². The average molecular weight is 274 g/mol. The summed E-state index contributed by atoms with van der Waals surface area (Å²) in [6, 6.07) is 1.38. The predicted molar refractivity (Wildman–Crippen MR) is 61.6 cm³/mol. The highest BCUT2D eigenvalue weighted by Crippen LogP contribution is 2.22. The maximum atomic E-state index is 12.4. The van der Waals surface area contributed by atoms with Crippen molar-refractivity contribution in [2.24, 2.45) is 0 Å². The zero-order chi connectivity index (χ0) is 14.2. The number of nitrogens with zero attached hydrogens (tertiary/aromatic N) is 1. The summed E-state index contributed by atoms with van der Waals surface area (Å²) in [5.74, 6) is -1.89. The van der Waals surface area contributed by atoms with Crippen molar-refractivity contribution in [3.8, 4) is 0 Å². The molecule has 0 fully saturated rings. The van der Waals surface area contributed by atoms with E-state index in [4.69, 9.17) is 0 Å². The Morgan fingerprint density at radius 3 is 2.74 bits per heavy atom. The van der Waals surface area contributed by atoms with Crippen molar-refractivity contribution in [2.45, 2.75) is 32.5 Å². The number of carbonyl (C=O) groups is 1. The molecule has 1 aliphatic rings. The molecule has 0 bridgehead atoms. The second-order valence-electron chi connectivity index (χ2n) is 4.44.